The van der Waals surface area contributed by atoms with Gasteiger partial charge in [-0.2, -0.15) is 0 Å². The minimum Gasteiger partial charge on any atom is -0.493 e. The zero-order valence-corrected chi connectivity index (χ0v) is 22.8. The van der Waals surface area contributed by atoms with Crippen molar-refractivity contribution >= 4 is 28.8 Å². The molecule has 0 radical (unpaired) electrons. The fraction of sp³-hybridized carbons (Fsp3) is 0.250. The van der Waals surface area contributed by atoms with Gasteiger partial charge in [0.15, 0.2) is 11.4 Å². The van der Waals surface area contributed by atoms with Gasteiger partial charge in [0.25, 0.3) is 5.91 Å². The Morgan fingerprint density at radius 1 is 1.03 bits per heavy atom. The average molecular weight is 544 g/mol. The number of carbonyl (C=O) groups excluding carboxylic acids is 1. The van der Waals surface area contributed by atoms with Crippen LogP contribution in [0.4, 0.5) is 5.69 Å². The normalized spacial score (nSPS) is 14.9. The largest absolute Gasteiger partial charge is 0.493 e. The minimum atomic E-state index is -0.474. The van der Waals surface area contributed by atoms with Gasteiger partial charge in [-0.05, 0) is 44.5 Å². The lowest BCUT2D eigenvalue weighted by molar-refractivity contribution is 0.0989. The molecule has 5 heterocycles. The first-order valence-corrected chi connectivity index (χ1v) is 12.8. The van der Waals surface area contributed by atoms with Crippen molar-refractivity contribution in [3.05, 3.63) is 82.7 Å². The number of ether oxygens (including phenoxy) is 2. The predicted molar refractivity (Wildman–Crippen MR) is 147 cm³/mol. The molecule has 5 aromatic rings. The van der Waals surface area contributed by atoms with E-state index >= 15 is 0 Å². The molecule has 0 aliphatic carbocycles. The molecule has 0 bridgehead atoms. The highest BCUT2D eigenvalue weighted by Gasteiger charge is 2.45. The predicted octanol–water partition coefficient (Wildman–Crippen LogP) is 5.30. The van der Waals surface area contributed by atoms with Gasteiger partial charge in [-0.25, -0.2) is 9.97 Å². The van der Waals surface area contributed by atoms with E-state index in [0.29, 0.717) is 45.3 Å². The maximum absolute atomic E-state index is 14.2. The summed E-state index contributed by atoms with van der Waals surface area (Å²) in [6, 6.07) is 12.6. The van der Waals surface area contributed by atoms with E-state index in [-0.39, 0.29) is 11.9 Å². The lowest BCUT2D eigenvalue weighted by atomic mass is 10.0. The number of rotatable bonds is 6. The van der Waals surface area contributed by atoms with Gasteiger partial charge in [0.1, 0.15) is 17.7 Å². The Balaban J connectivity index is 1.59. The molecule has 0 saturated carbocycles. The minimum absolute atomic E-state index is 0.00184. The first-order chi connectivity index (χ1) is 18.8. The summed E-state index contributed by atoms with van der Waals surface area (Å²) < 4.78 is 14.8. The summed E-state index contributed by atoms with van der Waals surface area (Å²) in [5.74, 6) is 2.14. The Hall–Kier alpha value is -4.44. The molecule has 4 aromatic heterocycles. The van der Waals surface area contributed by atoms with Crippen molar-refractivity contribution < 1.29 is 14.3 Å². The Bertz CT molecular complexity index is 1710. The SMILES string of the molecule is COc1ccc(-c2nc3c(n2C(C)C)C(c2ccc(Cl)cc2)N(c2cc(OC)c4nnc(C)n4c2)C3=O)cn1. The van der Waals surface area contributed by atoms with E-state index in [9.17, 15) is 4.79 Å². The number of methoxy groups -OCH3 is 2. The second-order valence-electron chi connectivity index (χ2n) is 9.56. The van der Waals surface area contributed by atoms with E-state index in [0.717, 1.165) is 16.8 Å². The van der Waals surface area contributed by atoms with Gasteiger partial charge in [-0.3, -0.25) is 14.1 Å². The van der Waals surface area contributed by atoms with E-state index in [1.807, 2.05) is 53.9 Å². The lowest BCUT2D eigenvalue weighted by Gasteiger charge is -2.28. The number of amides is 1. The molecule has 0 N–H and O–H groups in total. The number of fused-ring (bicyclic) bond motifs is 2. The summed E-state index contributed by atoms with van der Waals surface area (Å²) in [6.07, 6.45) is 3.57. The second-order valence-corrected chi connectivity index (χ2v) is 10.00. The number of aryl methyl sites for hydroxylation is 1. The molecule has 1 aliphatic heterocycles. The number of anilines is 1. The van der Waals surface area contributed by atoms with Crippen LogP contribution in [0.1, 0.15) is 53.5 Å². The number of halogens is 1. The Morgan fingerprint density at radius 2 is 1.79 bits per heavy atom. The van der Waals surface area contributed by atoms with Gasteiger partial charge < -0.3 is 14.0 Å². The summed E-state index contributed by atoms with van der Waals surface area (Å²) in [7, 11) is 3.15. The van der Waals surface area contributed by atoms with Gasteiger partial charge in [0, 0.05) is 41.2 Å². The molecule has 0 spiro atoms. The zero-order valence-electron chi connectivity index (χ0n) is 22.1. The summed E-state index contributed by atoms with van der Waals surface area (Å²) in [4.78, 5) is 25.2. The third-order valence-corrected chi connectivity index (χ3v) is 7.17. The van der Waals surface area contributed by atoms with E-state index in [4.69, 9.17) is 26.1 Å². The first-order valence-electron chi connectivity index (χ1n) is 12.4. The molecule has 39 heavy (non-hydrogen) atoms. The molecule has 1 amide bonds. The van der Waals surface area contributed by atoms with Crippen molar-refractivity contribution in [2.75, 3.05) is 19.1 Å². The van der Waals surface area contributed by atoms with Crippen LogP contribution in [0.5, 0.6) is 11.6 Å². The van der Waals surface area contributed by atoms with Gasteiger partial charge in [0.2, 0.25) is 11.5 Å². The van der Waals surface area contributed by atoms with E-state index in [1.54, 1.807) is 31.4 Å². The van der Waals surface area contributed by atoms with Gasteiger partial charge in [-0.1, -0.05) is 23.7 Å². The standard InChI is InChI=1S/C28H26ClN7O3/c1-15(2)35-25-23(31-26(35)18-8-11-22(39-5)30-13-18)28(37)36(24(25)17-6-9-19(29)10-7-17)20-12-21(38-4)27-33-32-16(3)34(27)14-20/h6-15,24H,1-5H3. The van der Waals surface area contributed by atoms with Crippen LogP contribution in [0.3, 0.4) is 0 Å². The quantitative estimate of drug-likeness (QED) is 0.286. The van der Waals surface area contributed by atoms with Crippen LogP contribution >= 0.6 is 11.6 Å². The lowest BCUT2D eigenvalue weighted by Crippen LogP contribution is -2.30. The molecular weight excluding hydrogens is 518 g/mol. The van der Waals surface area contributed by atoms with Crippen LogP contribution in [0.2, 0.25) is 5.02 Å². The highest BCUT2D eigenvalue weighted by molar-refractivity contribution is 6.30. The molecule has 1 aromatic carbocycles. The molecule has 10 nitrogen and oxygen atoms in total. The van der Waals surface area contributed by atoms with E-state index < -0.39 is 6.04 Å². The van der Waals surface area contributed by atoms with Gasteiger partial charge >= 0.3 is 0 Å². The number of benzene rings is 1. The zero-order chi connectivity index (χ0) is 27.4. The smallest absolute Gasteiger partial charge is 0.279 e. The summed E-state index contributed by atoms with van der Waals surface area (Å²) in [6.45, 7) is 6.00. The number of hydrogen-bond donors (Lipinski definition) is 0. The van der Waals surface area contributed by atoms with Crippen molar-refractivity contribution in [3.63, 3.8) is 0 Å². The highest BCUT2D eigenvalue weighted by Crippen LogP contribution is 2.45. The number of hydrogen-bond acceptors (Lipinski definition) is 7. The topological polar surface area (TPSA) is 99.7 Å². The number of imidazole rings is 1. The van der Waals surface area contributed by atoms with Gasteiger partial charge in [-0.15, -0.1) is 10.2 Å². The van der Waals surface area contributed by atoms with Crippen LogP contribution in [0.25, 0.3) is 17.0 Å². The Kier molecular flexibility index (Phi) is 5.99. The first kappa shape index (κ1) is 24.9. The molecular formula is C28H26ClN7O3. The van der Waals surface area contributed by atoms with E-state index in [2.05, 4.69) is 33.6 Å². The fourth-order valence-electron chi connectivity index (χ4n) is 5.14. The summed E-state index contributed by atoms with van der Waals surface area (Å²) in [5.41, 5.74) is 4.07. The molecule has 11 heteroatoms. The third kappa shape index (κ3) is 3.90. The Labute approximate surface area is 229 Å². The van der Waals surface area contributed by atoms with Crippen molar-refractivity contribution in [2.24, 2.45) is 0 Å². The molecule has 1 atom stereocenters. The van der Waals surface area contributed by atoms with Crippen LogP contribution < -0.4 is 14.4 Å². The molecule has 0 saturated heterocycles. The summed E-state index contributed by atoms with van der Waals surface area (Å²) in [5, 5.41) is 9.02. The van der Waals surface area contributed by atoms with Crippen LogP contribution in [-0.2, 0) is 0 Å². The molecule has 198 valence electrons. The number of pyridine rings is 2. The third-order valence-electron chi connectivity index (χ3n) is 6.92. The van der Waals surface area contributed by atoms with Crippen LogP contribution in [-0.4, -0.2) is 49.3 Å². The van der Waals surface area contributed by atoms with Crippen LogP contribution in [0.15, 0.2) is 54.9 Å². The van der Waals surface area contributed by atoms with Crippen molar-refractivity contribution in [1.82, 2.24) is 29.1 Å². The molecule has 6 rings (SSSR count). The van der Waals surface area contributed by atoms with E-state index in [1.165, 1.54) is 0 Å². The Morgan fingerprint density at radius 3 is 2.44 bits per heavy atom. The molecule has 1 unspecified atom stereocenters. The monoisotopic (exact) mass is 543 g/mol. The maximum Gasteiger partial charge on any atom is 0.279 e. The average Bonchev–Trinajstić information content (AvgIpc) is 3.60. The van der Waals surface area contributed by atoms with Crippen molar-refractivity contribution in [3.8, 4) is 23.0 Å². The maximum atomic E-state index is 14.2. The number of nitrogens with zero attached hydrogens (tertiary/aromatic N) is 7. The second kappa shape index (κ2) is 9.39. The molecule has 0 fully saturated rings. The van der Waals surface area contributed by atoms with Crippen molar-refractivity contribution in [1.29, 1.82) is 0 Å². The molecule has 1 aliphatic rings. The van der Waals surface area contributed by atoms with Gasteiger partial charge in [0.05, 0.1) is 25.6 Å². The number of carbonyl (C=O) groups is 1. The van der Waals surface area contributed by atoms with Crippen LogP contribution in [0, 0.1) is 6.92 Å². The number of aromatic nitrogens is 6. The van der Waals surface area contributed by atoms with Crippen molar-refractivity contribution in [2.45, 2.75) is 32.9 Å². The highest BCUT2D eigenvalue weighted by atomic mass is 35.5. The summed E-state index contributed by atoms with van der Waals surface area (Å²) >= 11 is 6.25. The fourth-order valence-corrected chi connectivity index (χ4v) is 5.26.